The third kappa shape index (κ3) is 4.05. The van der Waals surface area contributed by atoms with Crippen LogP contribution in [0.1, 0.15) is 62.4 Å². The van der Waals surface area contributed by atoms with Gasteiger partial charge in [0.05, 0.1) is 22.2 Å². The molecule has 0 aliphatic heterocycles. The topological polar surface area (TPSA) is 71.3 Å². The summed E-state index contributed by atoms with van der Waals surface area (Å²) >= 11 is 2.99. The number of furan rings is 1. The van der Waals surface area contributed by atoms with E-state index < -0.39 is 0 Å². The number of rotatable bonds is 6. The minimum Gasteiger partial charge on any atom is -0.459 e. The summed E-state index contributed by atoms with van der Waals surface area (Å²) in [7, 11) is 0. The second-order valence-electron chi connectivity index (χ2n) is 7.07. The average molecular weight is 415 g/mol. The normalized spacial score (nSPS) is 15.5. The summed E-state index contributed by atoms with van der Waals surface area (Å²) in [5.41, 5.74) is 0.855. The van der Waals surface area contributed by atoms with Crippen molar-refractivity contribution in [2.45, 2.75) is 38.6 Å². The lowest BCUT2D eigenvalue weighted by Crippen LogP contribution is -2.32. The van der Waals surface area contributed by atoms with E-state index in [9.17, 15) is 9.59 Å². The van der Waals surface area contributed by atoms with E-state index in [0.29, 0.717) is 15.8 Å². The maximum absolute atomic E-state index is 13.0. The van der Waals surface area contributed by atoms with E-state index >= 15 is 0 Å². The molecule has 1 aliphatic carbocycles. The Balaban J connectivity index is 1.49. The molecule has 0 bridgehead atoms. The van der Waals surface area contributed by atoms with E-state index in [1.807, 2.05) is 19.1 Å². The van der Waals surface area contributed by atoms with Crippen LogP contribution < -0.4 is 10.6 Å². The lowest BCUT2D eigenvalue weighted by atomic mass is 9.96. The fourth-order valence-corrected chi connectivity index (χ4v) is 5.58. The number of carbonyl (C=O) groups is 2. The molecule has 0 saturated heterocycles. The molecule has 3 aromatic rings. The Bertz CT molecular complexity index is 939. The number of anilines is 1. The first-order valence-corrected chi connectivity index (χ1v) is 11.1. The molecule has 3 heterocycles. The standard InChI is InChI=1S/C21H22N2O3S2/c1-13-12-17(22-20(24)15-8-4-10-26-15)28-19(13)21(25)23-18(14-6-2-3-7-14)16-9-5-11-27-16/h4-5,8-12,14,18H,2-3,6-7H2,1H3,(H,22,24)(H,23,25). The number of hydrogen-bond donors (Lipinski definition) is 2. The Morgan fingerprint density at radius 3 is 2.68 bits per heavy atom. The molecule has 0 spiro atoms. The molecule has 1 aliphatic rings. The lowest BCUT2D eigenvalue weighted by Gasteiger charge is -2.23. The SMILES string of the molecule is Cc1cc(NC(=O)c2ccco2)sc1C(=O)NC(c1cccs1)C1CCCC1. The highest BCUT2D eigenvalue weighted by molar-refractivity contribution is 7.18. The minimum absolute atomic E-state index is 0.0534. The predicted octanol–water partition coefficient (Wildman–Crippen LogP) is 5.62. The number of carbonyl (C=O) groups excluding carboxylic acids is 2. The van der Waals surface area contributed by atoms with Crippen LogP contribution in [0.25, 0.3) is 0 Å². The minimum atomic E-state index is -0.319. The van der Waals surface area contributed by atoms with Gasteiger partial charge < -0.3 is 15.1 Å². The van der Waals surface area contributed by atoms with Crippen molar-refractivity contribution in [2.24, 2.45) is 5.92 Å². The first-order chi connectivity index (χ1) is 13.6. The van der Waals surface area contributed by atoms with Gasteiger partial charge >= 0.3 is 0 Å². The number of thiophene rings is 2. The van der Waals surface area contributed by atoms with Crippen molar-refractivity contribution in [1.82, 2.24) is 5.32 Å². The van der Waals surface area contributed by atoms with Gasteiger partial charge in [0.1, 0.15) is 0 Å². The highest BCUT2D eigenvalue weighted by Gasteiger charge is 2.29. The molecule has 1 fully saturated rings. The van der Waals surface area contributed by atoms with Gasteiger partial charge in [-0.15, -0.1) is 22.7 Å². The molecule has 4 rings (SSSR count). The number of hydrogen-bond acceptors (Lipinski definition) is 5. The molecule has 1 unspecified atom stereocenters. The Morgan fingerprint density at radius 1 is 1.18 bits per heavy atom. The van der Waals surface area contributed by atoms with Gasteiger partial charge in [-0.2, -0.15) is 0 Å². The van der Waals surface area contributed by atoms with E-state index in [1.54, 1.807) is 23.5 Å². The largest absolute Gasteiger partial charge is 0.459 e. The summed E-state index contributed by atoms with van der Waals surface area (Å²) in [4.78, 5) is 27.0. The zero-order valence-corrected chi connectivity index (χ0v) is 17.2. The highest BCUT2D eigenvalue weighted by atomic mass is 32.1. The van der Waals surface area contributed by atoms with E-state index in [0.717, 1.165) is 18.4 Å². The third-order valence-corrected chi connectivity index (χ3v) is 7.22. The van der Waals surface area contributed by atoms with Gasteiger partial charge in [0, 0.05) is 4.88 Å². The molecule has 5 nitrogen and oxygen atoms in total. The van der Waals surface area contributed by atoms with Gasteiger partial charge in [0.2, 0.25) is 0 Å². The van der Waals surface area contributed by atoms with Crippen molar-refractivity contribution >= 4 is 39.5 Å². The summed E-state index contributed by atoms with van der Waals surface area (Å²) in [5, 5.41) is 8.76. The van der Waals surface area contributed by atoms with Crippen molar-refractivity contribution in [1.29, 1.82) is 0 Å². The smallest absolute Gasteiger partial charge is 0.291 e. The van der Waals surface area contributed by atoms with Crippen molar-refractivity contribution in [3.05, 3.63) is 63.1 Å². The first-order valence-electron chi connectivity index (χ1n) is 9.41. The van der Waals surface area contributed by atoms with E-state index in [-0.39, 0.29) is 23.6 Å². The molecule has 2 amide bonds. The van der Waals surface area contributed by atoms with Crippen molar-refractivity contribution in [3.8, 4) is 0 Å². The van der Waals surface area contributed by atoms with Gasteiger partial charge in [0.25, 0.3) is 11.8 Å². The molecule has 1 saturated carbocycles. The van der Waals surface area contributed by atoms with Crippen molar-refractivity contribution in [3.63, 3.8) is 0 Å². The van der Waals surface area contributed by atoms with Gasteiger partial charge in [-0.3, -0.25) is 9.59 Å². The summed E-state index contributed by atoms with van der Waals surface area (Å²) < 4.78 is 5.12. The zero-order valence-electron chi connectivity index (χ0n) is 15.6. The van der Waals surface area contributed by atoms with Gasteiger partial charge in [-0.1, -0.05) is 18.9 Å². The van der Waals surface area contributed by atoms with Crippen LogP contribution in [0.15, 0.2) is 46.4 Å². The van der Waals surface area contributed by atoms with E-state index in [1.165, 1.54) is 35.3 Å². The second-order valence-corrected chi connectivity index (χ2v) is 9.10. The molecule has 2 N–H and O–H groups in total. The zero-order chi connectivity index (χ0) is 19.5. The van der Waals surface area contributed by atoms with Crippen LogP contribution >= 0.6 is 22.7 Å². The number of amides is 2. The van der Waals surface area contributed by atoms with Crippen molar-refractivity contribution < 1.29 is 14.0 Å². The van der Waals surface area contributed by atoms with Crippen LogP contribution in [0, 0.1) is 12.8 Å². The summed E-state index contributed by atoms with van der Waals surface area (Å²) in [6, 6.07) is 9.29. The van der Waals surface area contributed by atoms with E-state index in [4.69, 9.17) is 4.42 Å². The third-order valence-electron chi connectivity index (χ3n) is 5.11. The monoisotopic (exact) mass is 414 g/mol. The van der Waals surface area contributed by atoms with Gasteiger partial charge in [-0.05, 0) is 60.9 Å². The number of nitrogens with one attached hydrogen (secondary N) is 2. The van der Waals surface area contributed by atoms with E-state index in [2.05, 4.69) is 22.1 Å². The highest BCUT2D eigenvalue weighted by Crippen LogP contribution is 2.38. The molecule has 7 heteroatoms. The Hall–Kier alpha value is -2.38. The fraction of sp³-hybridized carbons (Fsp3) is 0.333. The molecule has 0 aromatic carbocycles. The lowest BCUT2D eigenvalue weighted by molar-refractivity contribution is 0.0925. The quantitative estimate of drug-likeness (QED) is 0.549. The fourth-order valence-electron chi connectivity index (χ4n) is 3.74. The molecule has 28 heavy (non-hydrogen) atoms. The average Bonchev–Trinajstić information content (AvgIpc) is 3.48. The van der Waals surface area contributed by atoms with Crippen LogP contribution in [0.5, 0.6) is 0 Å². The summed E-state index contributed by atoms with van der Waals surface area (Å²) in [6.07, 6.45) is 6.21. The van der Waals surface area contributed by atoms with Crippen LogP contribution in [-0.4, -0.2) is 11.8 Å². The Kier molecular flexibility index (Phi) is 5.64. The molecule has 1 atom stereocenters. The maximum Gasteiger partial charge on any atom is 0.291 e. The Labute approximate surface area is 171 Å². The molecule has 0 radical (unpaired) electrons. The first kappa shape index (κ1) is 19.0. The van der Waals surface area contributed by atoms with Crippen molar-refractivity contribution in [2.75, 3.05) is 5.32 Å². The van der Waals surface area contributed by atoms with Gasteiger partial charge in [0.15, 0.2) is 5.76 Å². The van der Waals surface area contributed by atoms with Gasteiger partial charge in [-0.25, -0.2) is 0 Å². The number of aryl methyl sites for hydroxylation is 1. The summed E-state index contributed by atoms with van der Waals surface area (Å²) in [5.74, 6) is 0.337. The predicted molar refractivity (Wildman–Crippen MR) is 112 cm³/mol. The molecular formula is C21H22N2O3S2. The Morgan fingerprint density at radius 2 is 2.00 bits per heavy atom. The molecular weight excluding hydrogens is 392 g/mol. The van der Waals surface area contributed by atoms with Crippen LogP contribution in [-0.2, 0) is 0 Å². The maximum atomic E-state index is 13.0. The molecule has 3 aromatic heterocycles. The van der Waals surface area contributed by atoms with Crippen LogP contribution in [0.4, 0.5) is 5.00 Å². The second kappa shape index (κ2) is 8.32. The summed E-state index contributed by atoms with van der Waals surface area (Å²) in [6.45, 7) is 1.89. The van der Waals surface area contributed by atoms with Crippen LogP contribution in [0.3, 0.4) is 0 Å². The van der Waals surface area contributed by atoms with Crippen LogP contribution in [0.2, 0.25) is 0 Å². The molecule has 146 valence electrons.